The van der Waals surface area contributed by atoms with Crippen molar-refractivity contribution in [3.63, 3.8) is 0 Å². The van der Waals surface area contributed by atoms with Gasteiger partial charge in [0.1, 0.15) is 5.78 Å². The number of carbonyl (C=O) groups is 1. The van der Waals surface area contributed by atoms with Crippen molar-refractivity contribution >= 4 is 5.78 Å². The maximum Gasteiger partial charge on any atom is 0.137 e. The highest BCUT2D eigenvalue weighted by molar-refractivity contribution is 5.81. The first kappa shape index (κ1) is 15.0. The summed E-state index contributed by atoms with van der Waals surface area (Å²) in [6.45, 7) is 8.07. The molecule has 2 heteroatoms. The second kappa shape index (κ2) is 7.42. The Hall–Kier alpha value is -0.370. The van der Waals surface area contributed by atoms with Crippen LogP contribution in [0, 0.1) is 17.8 Å². The predicted molar refractivity (Wildman–Crippen MR) is 80.2 cm³/mol. The largest absolute Gasteiger partial charge is 0.303 e. The fourth-order valence-electron chi connectivity index (χ4n) is 3.94. The molecule has 2 unspecified atom stereocenters. The Morgan fingerprint density at radius 3 is 2.47 bits per heavy atom. The number of rotatable bonds is 5. The fourth-order valence-corrected chi connectivity index (χ4v) is 3.94. The van der Waals surface area contributed by atoms with Crippen LogP contribution in [0.25, 0.3) is 0 Å². The van der Waals surface area contributed by atoms with Gasteiger partial charge in [-0.1, -0.05) is 33.1 Å². The van der Waals surface area contributed by atoms with Crippen LogP contribution in [0.5, 0.6) is 0 Å². The molecule has 1 saturated heterocycles. The zero-order valence-corrected chi connectivity index (χ0v) is 12.9. The van der Waals surface area contributed by atoms with Gasteiger partial charge >= 0.3 is 0 Å². The molecule has 0 bridgehead atoms. The molecule has 2 nitrogen and oxygen atoms in total. The maximum absolute atomic E-state index is 12.1. The number of carbonyl (C=O) groups excluding carboxylic acids is 1. The summed E-state index contributed by atoms with van der Waals surface area (Å²) < 4.78 is 0. The fraction of sp³-hybridized carbons (Fsp3) is 0.941. The van der Waals surface area contributed by atoms with Crippen molar-refractivity contribution in [2.45, 2.75) is 65.2 Å². The summed E-state index contributed by atoms with van der Waals surface area (Å²) >= 11 is 0. The Morgan fingerprint density at radius 2 is 1.84 bits per heavy atom. The van der Waals surface area contributed by atoms with Crippen LogP contribution in [-0.4, -0.2) is 30.3 Å². The van der Waals surface area contributed by atoms with Gasteiger partial charge in [0.15, 0.2) is 0 Å². The zero-order chi connectivity index (χ0) is 13.7. The molecule has 19 heavy (non-hydrogen) atoms. The van der Waals surface area contributed by atoms with Gasteiger partial charge in [-0.2, -0.15) is 0 Å². The molecular weight excluding hydrogens is 234 g/mol. The molecule has 110 valence electrons. The van der Waals surface area contributed by atoms with Crippen molar-refractivity contribution < 1.29 is 4.79 Å². The minimum atomic E-state index is 0.350. The second-order valence-corrected chi connectivity index (χ2v) is 6.74. The monoisotopic (exact) mass is 265 g/mol. The zero-order valence-electron chi connectivity index (χ0n) is 12.9. The number of hydrogen-bond donors (Lipinski definition) is 0. The number of nitrogens with zero attached hydrogens (tertiary/aromatic N) is 1. The highest BCUT2D eigenvalue weighted by Crippen LogP contribution is 2.31. The molecule has 2 rings (SSSR count). The van der Waals surface area contributed by atoms with Crippen molar-refractivity contribution in [2.75, 3.05) is 19.6 Å². The van der Waals surface area contributed by atoms with E-state index in [1.165, 1.54) is 51.6 Å². The van der Waals surface area contributed by atoms with E-state index in [0.717, 1.165) is 31.2 Å². The van der Waals surface area contributed by atoms with E-state index >= 15 is 0 Å². The third kappa shape index (κ3) is 4.30. The molecule has 0 N–H and O–H groups in total. The van der Waals surface area contributed by atoms with Crippen molar-refractivity contribution in [1.29, 1.82) is 0 Å². The summed E-state index contributed by atoms with van der Waals surface area (Å²) in [5.41, 5.74) is 0. The lowest BCUT2D eigenvalue weighted by Gasteiger charge is -2.36. The first-order chi connectivity index (χ1) is 9.22. The lowest BCUT2D eigenvalue weighted by Crippen LogP contribution is -2.40. The average Bonchev–Trinajstić information content (AvgIpc) is 2.44. The summed E-state index contributed by atoms with van der Waals surface area (Å²) in [5, 5.41) is 0. The Kier molecular flexibility index (Phi) is 5.87. The minimum Gasteiger partial charge on any atom is -0.303 e. The molecule has 0 amide bonds. The topological polar surface area (TPSA) is 20.3 Å². The minimum absolute atomic E-state index is 0.350. The van der Waals surface area contributed by atoms with Crippen LogP contribution in [0.3, 0.4) is 0 Å². The van der Waals surface area contributed by atoms with Crippen molar-refractivity contribution in [1.82, 2.24) is 4.90 Å². The molecule has 1 aliphatic heterocycles. The van der Waals surface area contributed by atoms with E-state index < -0.39 is 0 Å². The predicted octanol–water partition coefficient (Wildman–Crippen LogP) is 3.89. The van der Waals surface area contributed by atoms with Crippen molar-refractivity contribution in [3.05, 3.63) is 0 Å². The molecular formula is C17H31NO. The van der Waals surface area contributed by atoms with Gasteiger partial charge in [-0.3, -0.25) is 4.79 Å². The summed E-state index contributed by atoms with van der Waals surface area (Å²) in [6.07, 6.45) is 9.78. The van der Waals surface area contributed by atoms with E-state index in [-0.39, 0.29) is 0 Å². The highest BCUT2D eigenvalue weighted by Gasteiger charge is 2.30. The van der Waals surface area contributed by atoms with E-state index in [2.05, 4.69) is 18.7 Å². The van der Waals surface area contributed by atoms with E-state index in [4.69, 9.17) is 0 Å². The first-order valence-electron chi connectivity index (χ1n) is 8.48. The van der Waals surface area contributed by atoms with Crippen LogP contribution in [0.15, 0.2) is 0 Å². The average molecular weight is 265 g/mol. The van der Waals surface area contributed by atoms with E-state index in [1.807, 2.05) is 0 Å². The lowest BCUT2D eigenvalue weighted by molar-refractivity contribution is -0.126. The van der Waals surface area contributed by atoms with Gasteiger partial charge in [-0.05, 0) is 50.6 Å². The number of likely N-dealkylation sites (tertiary alicyclic amines) is 1. The lowest BCUT2D eigenvalue weighted by atomic mass is 9.78. The van der Waals surface area contributed by atoms with Crippen molar-refractivity contribution in [2.24, 2.45) is 17.8 Å². The Labute approximate surface area is 118 Å². The quantitative estimate of drug-likeness (QED) is 0.751. The van der Waals surface area contributed by atoms with Gasteiger partial charge in [0.05, 0.1) is 0 Å². The molecule has 1 aliphatic carbocycles. The Morgan fingerprint density at radius 1 is 1.11 bits per heavy atom. The molecule has 1 saturated carbocycles. The SMILES string of the molecule is CCCC1CCC(=O)C(CN2CCC(CC)CC2)C1. The van der Waals surface area contributed by atoms with Gasteiger partial charge in [-0.15, -0.1) is 0 Å². The van der Waals surface area contributed by atoms with Gasteiger partial charge in [0.25, 0.3) is 0 Å². The molecule has 0 aromatic rings. The first-order valence-corrected chi connectivity index (χ1v) is 8.48. The normalized spacial score (nSPS) is 30.7. The van der Waals surface area contributed by atoms with Gasteiger partial charge in [-0.25, -0.2) is 0 Å². The van der Waals surface area contributed by atoms with Gasteiger partial charge in [0.2, 0.25) is 0 Å². The molecule has 0 spiro atoms. The third-order valence-corrected chi connectivity index (χ3v) is 5.33. The van der Waals surface area contributed by atoms with Crippen LogP contribution in [0.1, 0.15) is 65.2 Å². The Bertz CT molecular complexity index is 281. The standard InChI is InChI=1S/C17H31NO/c1-3-5-15-6-7-17(19)16(12-15)13-18-10-8-14(4-2)9-11-18/h14-16H,3-13H2,1-2H3. The molecule has 0 aromatic carbocycles. The number of piperidine rings is 1. The van der Waals surface area contributed by atoms with Gasteiger partial charge < -0.3 is 4.90 Å². The molecule has 2 aliphatic rings. The Balaban J connectivity index is 1.79. The molecule has 2 fully saturated rings. The van der Waals surface area contributed by atoms with E-state index in [9.17, 15) is 4.79 Å². The molecule has 1 heterocycles. The highest BCUT2D eigenvalue weighted by atomic mass is 16.1. The number of ketones is 1. The summed E-state index contributed by atoms with van der Waals surface area (Å²) in [4.78, 5) is 14.7. The number of hydrogen-bond acceptors (Lipinski definition) is 2. The van der Waals surface area contributed by atoms with E-state index in [0.29, 0.717) is 11.7 Å². The summed E-state index contributed by atoms with van der Waals surface area (Å²) in [5.74, 6) is 2.65. The smallest absolute Gasteiger partial charge is 0.137 e. The van der Waals surface area contributed by atoms with Crippen molar-refractivity contribution in [3.8, 4) is 0 Å². The van der Waals surface area contributed by atoms with Crippen LogP contribution in [0.2, 0.25) is 0 Å². The molecule has 2 atom stereocenters. The number of Topliss-reactive ketones (excluding diaryl/α,β-unsaturated/α-hetero) is 1. The summed E-state index contributed by atoms with van der Waals surface area (Å²) in [6, 6.07) is 0. The van der Waals surface area contributed by atoms with Crippen LogP contribution < -0.4 is 0 Å². The van der Waals surface area contributed by atoms with Crippen LogP contribution in [0.4, 0.5) is 0 Å². The second-order valence-electron chi connectivity index (χ2n) is 6.74. The van der Waals surface area contributed by atoms with E-state index in [1.54, 1.807) is 0 Å². The van der Waals surface area contributed by atoms with Crippen LogP contribution >= 0.6 is 0 Å². The summed E-state index contributed by atoms with van der Waals surface area (Å²) in [7, 11) is 0. The molecule has 0 aromatic heterocycles. The maximum atomic E-state index is 12.1. The third-order valence-electron chi connectivity index (χ3n) is 5.33. The van der Waals surface area contributed by atoms with Crippen LogP contribution in [-0.2, 0) is 4.79 Å². The molecule has 0 radical (unpaired) electrons. The van der Waals surface area contributed by atoms with Gasteiger partial charge in [0, 0.05) is 18.9 Å².